The van der Waals surface area contributed by atoms with Crippen molar-refractivity contribution >= 4 is 11.6 Å². The van der Waals surface area contributed by atoms with Crippen molar-refractivity contribution in [3.8, 4) is 11.6 Å². The van der Waals surface area contributed by atoms with Crippen molar-refractivity contribution in [3.05, 3.63) is 56.2 Å². The Morgan fingerprint density at radius 2 is 2.07 bits per heavy atom. The van der Waals surface area contributed by atoms with E-state index in [1.54, 1.807) is 6.07 Å². The smallest absolute Gasteiger partial charge is 0.330 e. The Balaban J connectivity index is 2.10. The number of carbonyl (C=O) groups is 1. The lowest BCUT2D eigenvalue weighted by Gasteiger charge is -2.22. The van der Waals surface area contributed by atoms with E-state index in [0.29, 0.717) is 12.4 Å². The molecule has 9 heteroatoms. The number of aromatic nitrogens is 2. The summed E-state index contributed by atoms with van der Waals surface area (Å²) in [6.07, 6.45) is 0.193. The number of para-hydroxylation sites is 1. The number of hydrazone groups is 1. The van der Waals surface area contributed by atoms with Crippen molar-refractivity contribution in [2.24, 2.45) is 12.1 Å². The van der Waals surface area contributed by atoms with Crippen LogP contribution in [0.4, 0.5) is 0 Å². The molecule has 2 heterocycles. The second-order valence-electron chi connectivity index (χ2n) is 6.12. The van der Waals surface area contributed by atoms with Gasteiger partial charge in [0.25, 0.3) is 5.56 Å². The number of amides is 1. The molecule has 1 aliphatic rings. The highest BCUT2D eigenvalue weighted by Crippen LogP contribution is 2.37. The molecule has 27 heavy (non-hydrogen) atoms. The molecule has 0 unspecified atom stereocenters. The predicted molar refractivity (Wildman–Crippen MR) is 98.0 cm³/mol. The molecule has 2 aromatic rings. The van der Waals surface area contributed by atoms with Gasteiger partial charge in [-0.2, -0.15) is 5.10 Å². The molecule has 1 aromatic heterocycles. The summed E-state index contributed by atoms with van der Waals surface area (Å²) < 4.78 is 6.56. The number of hydrogen-bond donors (Lipinski definition) is 2. The van der Waals surface area contributed by atoms with Crippen molar-refractivity contribution in [3.63, 3.8) is 0 Å². The van der Waals surface area contributed by atoms with Crippen LogP contribution in [0.3, 0.4) is 0 Å². The summed E-state index contributed by atoms with van der Waals surface area (Å²) in [5.74, 6) is -0.196. The standard InChI is InChI=1S/C18H20N4O5/c1-4-27-14-8-6-5-7-11(14)13-9-12(20-22(13)10(2)23)15-16(24)19-18(26)21(3)17(15)25/h5-8,13,25H,4,9H2,1-3H3,(H,19,24,26)/t13-/m0/s1. The van der Waals surface area contributed by atoms with Gasteiger partial charge in [0.1, 0.15) is 11.3 Å². The van der Waals surface area contributed by atoms with E-state index < -0.39 is 23.2 Å². The van der Waals surface area contributed by atoms with Gasteiger partial charge in [0, 0.05) is 26.0 Å². The highest BCUT2D eigenvalue weighted by molar-refractivity contribution is 6.04. The topological polar surface area (TPSA) is 117 Å². The molecule has 3 rings (SSSR count). The summed E-state index contributed by atoms with van der Waals surface area (Å²) in [5, 5.41) is 15.8. The maximum absolute atomic E-state index is 12.3. The van der Waals surface area contributed by atoms with Gasteiger partial charge >= 0.3 is 5.69 Å². The van der Waals surface area contributed by atoms with Gasteiger partial charge in [-0.1, -0.05) is 18.2 Å². The summed E-state index contributed by atoms with van der Waals surface area (Å²) in [5.41, 5.74) is -0.650. The Hall–Kier alpha value is -3.36. The van der Waals surface area contributed by atoms with E-state index in [2.05, 4.69) is 10.1 Å². The van der Waals surface area contributed by atoms with Crippen LogP contribution in [0.1, 0.15) is 37.4 Å². The highest BCUT2D eigenvalue weighted by Gasteiger charge is 2.35. The molecule has 9 nitrogen and oxygen atoms in total. The molecule has 0 radical (unpaired) electrons. The van der Waals surface area contributed by atoms with Gasteiger partial charge in [-0.15, -0.1) is 0 Å². The third-order valence-electron chi connectivity index (χ3n) is 4.39. The van der Waals surface area contributed by atoms with Crippen molar-refractivity contribution in [1.82, 2.24) is 14.6 Å². The first kappa shape index (κ1) is 18.4. The maximum Gasteiger partial charge on any atom is 0.330 e. The SMILES string of the molecule is CCOc1ccccc1[C@@H]1CC(c2c(O)n(C)c(=O)[nH]c2=O)=NN1C(C)=O. The molecule has 0 spiro atoms. The molecule has 142 valence electrons. The molecule has 0 bridgehead atoms. The average Bonchev–Trinajstić information content (AvgIpc) is 3.05. The largest absolute Gasteiger partial charge is 0.494 e. The third kappa shape index (κ3) is 3.23. The lowest BCUT2D eigenvalue weighted by molar-refractivity contribution is -0.130. The summed E-state index contributed by atoms with van der Waals surface area (Å²) in [6, 6.07) is 6.79. The summed E-state index contributed by atoms with van der Waals surface area (Å²) >= 11 is 0. The Bertz CT molecular complexity index is 1040. The zero-order valence-electron chi connectivity index (χ0n) is 15.2. The molecule has 2 N–H and O–H groups in total. The lowest BCUT2D eigenvalue weighted by atomic mass is 9.98. The number of rotatable bonds is 4. The van der Waals surface area contributed by atoms with E-state index in [0.717, 1.165) is 10.1 Å². The average molecular weight is 372 g/mol. The van der Waals surface area contributed by atoms with Crippen LogP contribution in [0.5, 0.6) is 11.6 Å². The van der Waals surface area contributed by atoms with Crippen LogP contribution in [0, 0.1) is 0 Å². The minimum atomic E-state index is -0.753. The normalized spacial score (nSPS) is 16.3. The van der Waals surface area contributed by atoms with Crippen molar-refractivity contribution < 1.29 is 14.6 Å². The number of aromatic hydroxyl groups is 1. The van der Waals surface area contributed by atoms with Gasteiger partial charge in [0.05, 0.1) is 18.4 Å². The summed E-state index contributed by atoms with van der Waals surface area (Å²) in [6.45, 7) is 3.69. The zero-order chi connectivity index (χ0) is 19.7. The molecule has 1 amide bonds. The number of aromatic amines is 1. The molecule has 0 saturated carbocycles. The van der Waals surface area contributed by atoms with Gasteiger partial charge in [0.15, 0.2) is 0 Å². The van der Waals surface area contributed by atoms with Gasteiger partial charge < -0.3 is 9.84 Å². The monoisotopic (exact) mass is 372 g/mol. The second kappa shape index (κ2) is 7.10. The molecule has 0 saturated heterocycles. The quantitative estimate of drug-likeness (QED) is 0.826. The zero-order valence-corrected chi connectivity index (χ0v) is 15.2. The summed E-state index contributed by atoms with van der Waals surface area (Å²) in [7, 11) is 1.33. The minimum absolute atomic E-state index is 0.125. The number of ether oxygens (including phenoxy) is 1. The number of nitrogens with one attached hydrogen (secondary N) is 1. The Kier molecular flexibility index (Phi) is 4.85. The molecule has 1 aliphatic heterocycles. The fourth-order valence-electron chi connectivity index (χ4n) is 3.11. The molecule has 1 atom stereocenters. The van der Waals surface area contributed by atoms with E-state index >= 15 is 0 Å². The van der Waals surface area contributed by atoms with Crippen LogP contribution in [0.15, 0.2) is 39.0 Å². The molecule has 1 aromatic carbocycles. The van der Waals surface area contributed by atoms with E-state index in [-0.39, 0.29) is 23.6 Å². The van der Waals surface area contributed by atoms with Crippen LogP contribution >= 0.6 is 0 Å². The Morgan fingerprint density at radius 1 is 1.37 bits per heavy atom. The van der Waals surface area contributed by atoms with Crippen LogP contribution < -0.4 is 16.0 Å². The van der Waals surface area contributed by atoms with Gasteiger partial charge in [-0.05, 0) is 13.0 Å². The third-order valence-corrected chi connectivity index (χ3v) is 4.39. The van der Waals surface area contributed by atoms with Gasteiger partial charge in [0.2, 0.25) is 11.8 Å². The second-order valence-corrected chi connectivity index (χ2v) is 6.12. The van der Waals surface area contributed by atoms with E-state index in [1.807, 2.05) is 25.1 Å². The van der Waals surface area contributed by atoms with Crippen LogP contribution in [0.2, 0.25) is 0 Å². The van der Waals surface area contributed by atoms with Crippen LogP contribution in [0.25, 0.3) is 0 Å². The fourth-order valence-corrected chi connectivity index (χ4v) is 3.11. The van der Waals surface area contributed by atoms with E-state index in [4.69, 9.17) is 4.74 Å². The van der Waals surface area contributed by atoms with Crippen molar-refractivity contribution in [2.75, 3.05) is 6.61 Å². The van der Waals surface area contributed by atoms with Crippen molar-refractivity contribution in [1.29, 1.82) is 0 Å². The van der Waals surface area contributed by atoms with Crippen LogP contribution in [-0.4, -0.2) is 37.9 Å². The maximum atomic E-state index is 12.3. The predicted octanol–water partition coefficient (Wildman–Crippen LogP) is 0.875. The minimum Gasteiger partial charge on any atom is -0.494 e. The molecular formula is C18H20N4O5. The number of carbonyl (C=O) groups excluding carboxylic acids is 1. The highest BCUT2D eigenvalue weighted by atomic mass is 16.5. The van der Waals surface area contributed by atoms with Gasteiger partial charge in [-0.3, -0.25) is 19.1 Å². The van der Waals surface area contributed by atoms with E-state index in [9.17, 15) is 19.5 Å². The Labute approximate surface area is 154 Å². The number of nitrogens with zero attached hydrogens (tertiary/aromatic N) is 3. The van der Waals surface area contributed by atoms with E-state index in [1.165, 1.54) is 19.0 Å². The fraction of sp³-hybridized carbons (Fsp3) is 0.333. The first-order valence-corrected chi connectivity index (χ1v) is 8.46. The van der Waals surface area contributed by atoms with Gasteiger partial charge in [-0.25, -0.2) is 9.80 Å². The molecular weight excluding hydrogens is 352 g/mol. The lowest BCUT2D eigenvalue weighted by Crippen LogP contribution is -2.32. The summed E-state index contributed by atoms with van der Waals surface area (Å²) in [4.78, 5) is 38.2. The number of benzene rings is 1. The first-order chi connectivity index (χ1) is 12.8. The van der Waals surface area contributed by atoms with Crippen LogP contribution in [-0.2, 0) is 11.8 Å². The molecule has 0 aliphatic carbocycles. The van der Waals surface area contributed by atoms with Crippen molar-refractivity contribution in [2.45, 2.75) is 26.3 Å². The first-order valence-electron chi connectivity index (χ1n) is 8.46. The Morgan fingerprint density at radius 3 is 2.74 bits per heavy atom. The number of H-pyrrole nitrogens is 1. The number of hydrogen-bond acceptors (Lipinski definition) is 6. The molecule has 0 fully saturated rings.